The maximum atomic E-state index is 11.9. The second-order valence-electron chi connectivity index (χ2n) is 4.43. The summed E-state index contributed by atoms with van der Waals surface area (Å²) in [6.07, 6.45) is 1.85. The Morgan fingerprint density at radius 1 is 1.58 bits per heavy atom. The van der Waals surface area contributed by atoms with Crippen LogP contribution >= 0.6 is 11.3 Å². The van der Waals surface area contributed by atoms with Gasteiger partial charge in [0.05, 0.1) is 4.88 Å². The quantitative estimate of drug-likeness (QED) is 0.779. The molecule has 0 unspecified atom stereocenters. The van der Waals surface area contributed by atoms with E-state index < -0.39 is 10.2 Å². The van der Waals surface area contributed by atoms with Gasteiger partial charge < -0.3 is 5.11 Å². The van der Waals surface area contributed by atoms with Gasteiger partial charge in [-0.3, -0.25) is 0 Å². The molecular formula is C12H16N2O3S2. The van der Waals surface area contributed by atoms with Crippen LogP contribution in [0.3, 0.4) is 0 Å². The lowest BCUT2D eigenvalue weighted by atomic mass is 10.3. The molecule has 0 aliphatic heterocycles. The topological polar surface area (TPSA) is 69.6 Å². The van der Waals surface area contributed by atoms with E-state index in [2.05, 4.69) is 16.6 Å². The van der Waals surface area contributed by atoms with Gasteiger partial charge in [0.1, 0.15) is 6.61 Å². The number of thiophene rings is 1. The normalized spacial score (nSPS) is 15.3. The highest BCUT2D eigenvalue weighted by molar-refractivity contribution is 7.87. The number of nitrogens with zero attached hydrogens (tertiary/aromatic N) is 1. The molecule has 1 aromatic heterocycles. The minimum Gasteiger partial charge on any atom is -0.384 e. The number of rotatable bonds is 5. The van der Waals surface area contributed by atoms with Crippen LogP contribution in [0.5, 0.6) is 0 Å². The molecule has 1 aromatic rings. The van der Waals surface area contributed by atoms with Gasteiger partial charge in [-0.25, -0.2) is 0 Å². The van der Waals surface area contributed by atoms with Gasteiger partial charge >= 0.3 is 0 Å². The highest BCUT2D eigenvalue weighted by Gasteiger charge is 2.29. The van der Waals surface area contributed by atoms with Crippen LogP contribution in [0.4, 0.5) is 0 Å². The van der Waals surface area contributed by atoms with Crippen molar-refractivity contribution in [3.05, 3.63) is 21.9 Å². The van der Waals surface area contributed by atoms with Crippen LogP contribution in [0.25, 0.3) is 0 Å². The zero-order valence-corrected chi connectivity index (χ0v) is 12.2. The molecule has 0 bridgehead atoms. The number of aliphatic hydroxyl groups is 1. The molecule has 0 aromatic carbocycles. The Labute approximate surface area is 117 Å². The van der Waals surface area contributed by atoms with Crippen LogP contribution in [0, 0.1) is 11.8 Å². The lowest BCUT2D eigenvalue weighted by molar-refractivity contribution is 0.350. The summed E-state index contributed by atoms with van der Waals surface area (Å²) in [4.78, 5) is 0.824. The largest absolute Gasteiger partial charge is 0.384 e. The van der Waals surface area contributed by atoms with E-state index in [1.165, 1.54) is 15.6 Å². The molecule has 104 valence electrons. The first kappa shape index (κ1) is 14.5. The summed E-state index contributed by atoms with van der Waals surface area (Å²) in [5.74, 6) is 5.37. The van der Waals surface area contributed by atoms with Gasteiger partial charge in [-0.1, -0.05) is 11.8 Å². The molecule has 0 amide bonds. The van der Waals surface area contributed by atoms with Crippen LogP contribution in [0.2, 0.25) is 0 Å². The van der Waals surface area contributed by atoms with E-state index in [0.29, 0.717) is 6.54 Å². The molecule has 2 N–H and O–H groups in total. The van der Waals surface area contributed by atoms with Crippen molar-refractivity contribution >= 4 is 21.5 Å². The average molecular weight is 300 g/mol. The van der Waals surface area contributed by atoms with Gasteiger partial charge in [0.25, 0.3) is 10.2 Å². The van der Waals surface area contributed by atoms with E-state index in [9.17, 15) is 8.42 Å². The zero-order chi connectivity index (χ0) is 13.9. The lowest BCUT2D eigenvalue weighted by Crippen LogP contribution is -2.38. The third kappa shape index (κ3) is 4.30. The molecule has 19 heavy (non-hydrogen) atoms. The Hall–Kier alpha value is -0.910. The number of hydrogen-bond acceptors (Lipinski definition) is 4. The predicted octanol–water partition coefficient (Wildman–Crippen LogP) is 0.520. The van der Waals surface area contributed by atoms with Gasteiger partial charge in [0, 0.05) is 19.6 Å². The van der Waals surface area contributed by atoms with Crippen molar-refractivity contribution in [1.82, 2.24) is 9.03 Å². The maximum absolute atomic E-state index is 11.9. The molecule has 2 rings (SSSR count). The van der Waals surface area contributed by atoms with Gasteiger partial charge in [-0.05, 0) is 29.9 Å². The first-order valence-corrected chi connectivity index (χ1v) is 8.24. The van der Waals surface area contributed by atoms with Crippen molar-refractivity contribution < 1.29 is 13.5 Å². The second kappa shape index (κ2) is 6.03. The monoisotopic (exact) mass is 300 g/mol. The van der Waals surface area contributed by atoms with Crippen molar-refractivity contribution in [1.29, 1.82) is 0 Å². The fourth-order valence-corrected chi connectivity index (χ4v) is 3.42. The minimum absolute atomic E-state index is 0.112. The SMILES string of the molecule is CN(Cc1csc(C#CCO)c1)S(=O)(=O)NC1CC1. The minimum atomic E-state index is -3.39. The van der Waals surface area contributed by atoms with Crippen molar-refractivity contribution in [2.45, 2.75) is 25.4 Å². The van der Waals surface area contributed by atoms with Gasteiger partial charge in [-0.15, -0.1) is 11.3 Å². The molecule has 7 heteroatoms. The van der Waals surface area contributed by atoms with E-state index in [-0.39, 0.29) is 12.6 Å². The Morgan fingerprint density at radius 3 is 2.95 bits per heavy atom. The second-order valence-corrected chi connectivity index (χ2v) is 7.15. The molecule has 1 aliphatic carbocycles. The summed E-state index contributed by atoms with van der Waals surface area (Å²) in [5.41, 5.74) is 0.899. The zero-order valence-electron chi connectivity index (χ0n) is 10.6. The molecule has 1 aliphatic rings. The van der Waals surface area contributed by atoms with E-state index in [1.54, 1.807) is 7.05 Å². The standard InChI is InChI=1S/C12H16N2O3S2/c1-14(19(16,17)13-11-4-5-11)8-10-7-12(18-9-10)3-2-6-15/h7,9,11,13,15H,4-6,8H2,1H3. The van der Waals surface area contributed by atoms with Gasteiger partial charge in [-0.2, -0.15) is 17.4 Å². The number of aliphatic hydroxyl groups excluding tert-OH is 1. The van der Waals surface area contributed by atoms with Crippen LogP contribution in [-0.4, -0.2) is 37.5 Å². The smallest absolute Gasteiger partial charge is 0.279 e. The highest BCUT2D eigenvalue weighted by atomic mass is 32.2. The highest BCUT2D eigenvalue weighted by Crippen LogP contribution is 2.21. The van der Waals surface area contributed by atoms with E-state index >= 15 is 0 Å². The molecule has 0 spiro atoms. The Bertz CT molecular complexity index is 594. The van der Waals surface area contributed by atoms with E-state index in [4.69, 9.17) is 5.11 Å². The van der Waals surface area contributed by atoms with Gasteiger partial charge in [0.15, 0.2) is 0 Å². The van der Waals surface area contributed by atoms with Crippen molar-refractivity contribution in [3.8, 4) is 11.8 Å². The Balaban J connectivity index is 1.97. The Morgan fingerprint density at radius 2 is 2.32 bits per heavy atom. The summed E-state index contributed by atoms with van der Waals surface area (Å²) >= 11 is 1.44. The summed E-state index contributed by atoms with van der Waals surface area (Å²) in [7, 11) is -1.83. The van der Waals surface area contributed by atoms with Crippen LogP contribution < -0.4 is 4.72 Å². The number of nitrogens with one attached hydrogen (secondary N) is 1. The third-order valence-corrected chi connectivity index (χ3v) is 5.13. The predicted molar refractivity (Wildman–Crippen MR) is 74.8 cm³/mol. The fourth-order valence-electron chi connectivity index (χ4n) is 1.49. The fraction of sp³-hybridized carbons (Fsp3) is 0.500. The molecule has 1 heterocycles. The molecule has 5 nitrogen and oxygen atoms in total. The van der Waals surface area contributed by atoms with Gasteiger partial charge in [0.2, 0.25) is 0 Å². The van der Waals surface area contributed by atoms with Crippen molar-refractivity contribution in [2.24, 2.45) is 0 Å². The number of hydrogen-bond donors (Lipinski definition) is 2. The first-order chi connectivity index (χ1) is 9.01. The van der Waals surface area contributed by atoms with Crippen LogP contribution in [0.1, 0.15) is 23.3 Å². The maximum Gasteiger partial charge on any atom is 0.279 e. The van der Waals surface area contributed by atoms with Crippen LogP contribution in [-0.2, 0) is 16.8 Å². The third-order valence-electron chi connectivity index (χ3n) is 2.65. The van der Waals surface area contributed by atoms with Crippen molar-refractivity contribution in [2.75, 3.05) is 13.7 Å². The lowest BCUT2D eigenvalue weighted by Gasteiger charge is -2.16. The van der Waals surface area contributed by atoms with Crippen molar-refractivity contribution in [3.63, 3.8) is 0 Å². The summed E-state index contributed by atoms with van der Waals surface area (Å²) in [5, 5.41) is 10.5. The molecular weight excluding hydrogens is 284 g/mol. The summed E-state index contributed by atoms with van der Waals surface area (Å²) < 4.78 is 27.8. The Kier molecular flexibility index (Phi) is 4.60. The molecule has 1 fully saturated rings. The average Bonchev–Trinajstić information content (AvgIpc) is 3.04. The molecule has 0 saturated heterocycles. The van der Waals surface area contributed by atoms with E-state index in [0.717, 1.165) is 23.3 Å². The van der Waals surface area contributed by atoms with E-state index in [1.807, 2.05) is 11.4 Å². The summed E-state index contributed by atoms with van der Waals surface area (Å²) in [6.45, 7) is 0.145. The molecule has 0 atom stereocenters. The molecule has 1 saturated carbocycles. The molecule has 0 radical (unpaired) electrons. The summed E-state index contributed by atoms with van der Waals surface area (Å²) in [6, 6.07) is 1.96. The van der Waals surface area contributed by atoms with Crippen LogP contribution in [0.15, 0.2) is 11.4 Å². The first-order valence-electron chi connectivity index (χ1n) is 5.92.